The zero-order valence-electron chi connectivity index (χ0n) is 14.3. The number of ether oxygens (including phenoxy) is 2. The Morgan fingerprint density at radius 2 is 1.88 bits per heavy atom. The molecule has 0 aliphatic carbocycles. The third-order valence-corrected chi connectivity index (χ3v) is 6.72. The lowest BCUT2D eigenvalue weighted by Crippen LogP contribution is -2.44. The Hall–Kier alpha value is -1.21. The summed E-state index contributed by atoms with van der Waals surface area (Å²) in [6.07, 6.45) is 5.37. The highest BCUT2D eigenvalue weighted by Gasteiger charge is 2.39. The number of hydrogen-bond donors (Lipinski definition) is 0. The molecule has 0 N–H and O–H groups in total. The summed E-state index contributed by atoms with van der Waals surface area (Å²) < 4.78 is 38.7. The van der Waals surface area contributed by atoms with Crippen LogP contribution < -0.4 is 0 Å². The van der Waals surface area contributed by atoms with Crippen LogP contribution in [0.5, 0.6) is 0 Å². The highest BCUT2D eigenvalue weighted by atomic mass is 32.2. The molecule has 2 heterocycles. The second-order valence-electron chi connectivity index (χ2n) is 6.60. The van der Waals surface area contributed by atoms with E-state index in [1.807, 2.05) is 25.1 Å². The van der Waals surface area contributed by atoms with Gasteiger partial charge in [0.2, 0.25) is 10.0 Å². The molecule has 0 bridgehead atoms. The van der Waals surface area contributed by atoms with Gasteiger partial charge < -0.3 is 9.47 Å². The minimum atomic E-state index is -3.49. The molecule has 0 aromatic heterocycles. The van der Waals surface area contributed by atoms with Crippen molar-refractivity contribution in [3.63, 3.8) is 0 Å². The summed E-state index contributed by atoms with van der Waals surface area (Å²) in [4.78, 5) is 0.349. The maximum atomic E-state index is 13.0. The van der Waals surface area contributed by atoms with Crippen LogP contribution in [-0.2, 0) is 19.5 Å². The maximum absolute atomic E-state index is 13.0. The largest absolute Gasteiger partial charge is 0.350 e. The summed E-state index contributed by atoms with van der Waals surface area (Å²) >= 11 is 0. The zero-order chi connectivity index (χ0) is 17.2. The number of nitrogens with zero attached hydrogens (tertiary/aromatic N) is 1. The van der Waals surface area contributed by atoms with Crippen molar-refractivity contribution in [1.29, 1.82) is 0 Å². The lowest BCUT2D eigenvalue weighted by molar-refractivity contribution is -0.0690. The molecule has 24 heavy (non-hydrogen) atoms. The summed E-state index contributed by atoms with van der Waals surface area (Å²) in [5.74, 6) is 0. The van der Waals surface area contributed by atoms with E-state index >= 15 is 0 Å². The molecule has 132 valence electrons. The first kappa shape index (κ1) is 17.6. The SMILES string of the molecule is CC[C@]1(CC2OCCO2)C=CCN(S(=O)(=O)c2ccc(C)cc2)C1. The van der Waals surface area contributed by atoms with Crippen LogP contribution >= 0.6 is 0 Å². The molecule has 1 aromatic carbocycles. The first-order valence-corrected chi connectivity index (χ1v) is 9.87. The van der Waals surface area contributed by atoms with E-state index in [4.69, 9.17) is 9.47 Å². The van der Waals surface area contributed by atoms with Gasteiger partial charge in [0, 0.05) is 24.9 Å². The van der Waals surface area contributed by atoms with Crippen LogP contribution in [0.1, 0.15) is 25.3 Å². The zero-order valence-corrected chi connectivity index (χ0v) is 15.1. The van der Waals surface area contributed by atoms with Gasteiger partial charge in [0.05, 0.1) is 18.1 Å². The van der Waals surface area contributed by atoms with Crippen LogP contribution in [0, 0.1) is 12.3 Å². The molecular weight excluding hydrogens is 326 g/mol. The standard InChI is InChI=1S/C18H25NO4S/c1-3-18(13-17-22-11-12-23-17)9-4-10-19(14-18)24(20,21)16-7-5-15(2)6-8-16/h4-9,17H,3,10-14H2,1-2H3/t18-/m1/s1. The second-order valence-corrected chi connectivity index (χ2v) is 8.54. The van der Waals surface area contributed by atoms with Crippen LogP contribution in [-0.4, -0.2) is 45.3 Å². The Kier molecular flexibility index (Phi) is 5.11. The summed E-state index contributed by atoms with van der Waals surface area (Å²) in [5, 5.41) is 0. The first-order chi connectivity index (χ1) is 11.5. The topological polar surface area (TPSA) is 55.8 Å². The van der Waals surface area contributed by atoms with Gasteiger partial charge in [0.15, 0.2) is 6.29 Å². The van der Waals surface area contributed by atoms with Gasteiger partial charge in [-0.3, -0.25) is 0 Å². The predicted octanol–water partition coefficient (Wildman–Crippen LogP) is 2.71. The average molecular weight is 351 g/mol. The van der Waals surface area contributed by atoms with Crippen molar-refractivity contribution in [1.82, 2.24) is 4.31 Å². The van der Waals surface area contributed by atoms with Gasteiger partial charge in [0.1, 0.15) is 0 Å². The highest BCUT2D eigenvalue weighted by Crippen LogP contribution is 2.37. The van der Waals surface area contributed by atoms with E-state index < -0.39 is 10.0 Å². The molecule has 0 unspecified atom stereocenters. The minimum Gasteiger partial charge on any atom is -0.350 e. The van der Waals surface area contributed by atoms with Gasteiger partial charge >= 0.3 is 0 Å². The van der Waals surface area contributed by atoms with E-state index in [0.717, 1.165) is 12.0 Å². The predicted molar refractivity (Wildman–Crippen MR) is 92.1 cm³/mol. The molecule has 1 saturated heterocycles. The van der Waals surface area contributed by atoms with E-state index in [9.17, 15) is 8.42 Å². The molecule has 6 heteroatoms. The van der Waals surface area contributed by atoms with Crippen LogP contribution in [0.4, 0.5) is 0 Å². The average Bonchev–Trinajstić information content (AvgIpc) is 3.08. The molecule has 0 spiro atoms. The molecule has 5 nitrogen and oxygen atoms in total. The molecule has 1 fully saturated rings. The number of hydrogen-bond acceptors (Lipinski definition) is 4. The molecule has 2 aliphatic heterocycles. The summed E-state index contributed by atoms with van der Waals surface area (Å²) in [7, 11) is -3.49. The fourth-order valence-electron chi connectivity index (χ4n) is 3.29. The van der Waals surface area contributed by atoms with Crippen LogP contribution in [0.3, 0.4) is 0 Å². The van der Waals surface area contributed by atoms with Crippen LogP contribution in [0.2, 0.25) is 0 Å². The fourth-order valence-corrected chi connectivity index (χ4v) is 4.78. The number of aryl methyl sites for hydroxylation is 1. The van der Waals surface area contributed by atoms with Crippen molar-refractivity contribution in [3.8, 4) is 0 Å². The molecule has 1 atom stereocenters. The lowest BCUT2D eigenvalue weighted by Gasteiger charge is -2.39. The van der Waals surface area contributed by atoms with E-state index in [2.05, 4.69) is 13.0 Å². The Balaban J connectivity index is 1.81. The Morgan fingerprint density at radius 3 is 2.50 bits per heavy atom. The summed E-state index contributed by atoms with van der Waals surface area (Å²) in [5.41, 5.74) is 0.802. The van der Waals surface area contributed by atoms with Crippen molar-refractivity contribution in [2.24, 2.45) is 5.41 Å². The normalized spacial score (nSPS) is 26.1. The molecule has 3 rings (SSSR count). The van der Waals surface area contributed by atoms with E-state index in [-0.39, 0.29) is 11.7 Å². The van der Waals surface area contributed by atoms with E-state index in [1.54, 1.807) is 16.4 Å². The minimum absolute atomic E-state index is 0.239. The van der Waals surface area contributed by atoms with Crippen LogP contribution in [0.15, 0.2) is 41.3 Å². The molecule has 0 radical (unpaired) electrons. The number of rotatable bonds is 5. The quantitative estimate of drug-likeness (QED) is 0.766. The Bertz CT molecular complexity index is 692. The Labute approximate surface area is 144 Å². The van der Waals surface area contributed by atoms with Crippen molar-refractivity contribution in [2.45, 2.75) is 37.9 Å². The van der Waals surface area contributed by atoms with Crippen LogP contribution in [0.25, 0.3) is 0 Å². The fraction of sp³-hybridized carbons (Fsp3) is 0.556. The molecule has 0 amide bonds. The van der Waals surface area contributed by atoms with E-state index in [1.165, 1.54) is 0 Å². The molecule has 0 saturated carbocycles. The van der Waals surface area contributed by atoms with Crippen molar-refractivity contribution in [3.05, 3.63) is 42.0 Å². The van der Waals surface area contributed by atoms with Gasteiger partial charge in [-0.1, -0.05) is 36.8 Å². The van der Waals surface area contributed by atoms with E-state index in [0.29, 0.717) is 37.6 Å². The molecular formula is C18H25NO4S. The third kappa shape index (κ3) is 3.57. The van der Waals surface area contributed by atoms with Crippen molar-refractivity contribution in [2.75, 3.05) is 26.3 Å². The maximum Gasteiger partial charge on any atom is 0.243 e. The summed E-state index contributed by atoms with van der Waals surface area (Å²) in [6.45, 7) is 6.12. The third-order valence-electron chi connectivity index (χ3n) is 4.90. The van der Waals surface area contributed by atoms with Gasteiger partial charge in [0.25, 0.3) is 0 Å². The monoisotopic (exact) mass is 351 g/mol. The smallest absolute Gasteiger partial charge is 0.243 e. The molecule has 1 aromatic rings. The van der Waals surface area contributed by atoms with Gasteiger partial charge in [-0.15, -0.1) is 0 Å². The first-order valence-electron chi connectivity index (χ1n) is 8.43. The Morgan fingerprint density at radius 1 is 1.21 bits per heavy atom. The number of benzene rings is 1. The van der Waals surface area contributed by atoms with Gasteiger partial charge in [-0.05, 0) is 25.5 Å². The second kappa shape index (κ2) is 6.96. The van der Waals surface area contributed by atoms with Gasteiger partial charge in [-0.25, -0.2) is 8.42 Å². The molecule has 2 aliphatic rings. The van der Waals surface area contributed by atoms with Crippen molar-refractivity contribution < 1.29 is 17.9 Å². The van der Waals surface area contributed by atoms with Gasteiger partial charge in [-0.2, -0.15) is 4.31 Å². The van der Waals surface area contributed by atoms with Crippen molar-refractivity contribution >= 4 is 10.0 Å². The highest BCUT2D eigenvalue weighted by molar-refractivity contribution is 7.89. The lowest BCUT2D eigenvalue weighted by atomic mass is 9.79. The summed E-state index contributed by atoms with van der Waals surface area (Å²) in [6, 6.07) is 7.03. The number of sulfonamides is 1.